The van der Waals surface area contributed by atoms with Crippen LogP contribution in [0, 0.1) is 0 Å². The summed E-state index contributed by atoms with van der Waals surface area (Å²) in [5.41, 5.74) is 0.613. The van der Waals surface area contributed by atoms with Crippen molar-refractivity contribution in [1.29, 1.82) is 0 Å². The molecule has 2 aromatic heterocycles. The third-order valence-electron chi connectivity index (χ3n) is 2.91. The van der Waals surface area contributed by atoms with Gasteiger partial charge in [-0.25, -0.2) is 9.97 Å². The third kappa shape index (κ3) is 3.50. The van der Waals surface area contributed by atoms with Crippen molar-refractivity contribution in [2.75, 3.05) is 10.6 Å². The van der Waals surface area contributed by atoms with Crippen LogP contribution in [0.5, 0.6) is 0 Å². The van der Waals surface area contributed by atoms with E-state index in [-0.39, 0.29) is 0 Å². The van der Waals surface area contributed by atoms with E-state index in [0.29, 0.717) is 33.9 Å². The van der Waals surface area contributed by atoms with E-state index in [1.807, 2.05) is 12.1 Å². The highest BCUT2D eigenvalue weighted by Crippen LogP contribution is 2.32. The number of anilines is 3. The van der Waals surface area contributed by atoms with E-state index in [4.69, 9.17) is 27.6 Å². The van der Waals surface area contributed by atoms with Crippen molar-refractivity contribution in [3.05, 3.63) is 64.8 Å². The number of nitrogens with zero attached hydrogens (tertiary/aromatic N) is 2. The smallest absolute Gasteiger partial charge is 0.135 e. The average Bonchev–Trinajstić information content (AvgIpc) is 3.03. The van der Waals surface area contributed by atoms with Crippen molar-refractivity contribution in [3.63, 3.8) is 0 Å². The molecular weight excluding hydrogens is 323 g/mol. The fourth-order valence-electron chi connectivity index (χ4n) is 1.86. The Morgan fingerprint density at radius 3 is 2.50 bits per heavy atom. The van der Waals surface area contributed by atoms with E-state index in [1.54, 1.807) is 30.5 Å². The molecular formula is C15H12Cl2N4O. The van der Waals surface area contributed by atoms with Crippen molar-refractivity contribution < 1.29 is 4.42 Å². The van der Waals surface area contributed by atoms with E-state index >= 15 is 0 Å². The van der Waals surface area contributed by atoms with Crippen LogP contribution in [0.3, 0.4) is 0 Å². The summed E-state index contributed by atoms with van der Waals surface area (Å²) in [6.45, 7) is 0.538. The highest BCUT2D eigenvalue weighted by Gasteiger charge is 2.07. The molecule has 22 heavy (non-hydrogen) atoms. The van der Waals surface area contributed by atoms with E-state index < -0.39 is 0 Å². The number of hydrogen-bond donors (Lipinski definition) is 2. The van der Waals surface area contributed by atoms with Gasteiger partial charge in [0.25, 0.3) is 0 Å². The Balaban J connectivity index is 1.73. The summed E-state index contributed by atoms with van der Waals surface area (Å²) >= 11 is 12.3. The van der Waals surface area contributed by atoms with Gasteiger partial charge in [0.2, 0.25) is 0 Å². The maximum atomic E-state index is 6.13. The van der Waals surface area contributed by atoms with Crippen LogP contribution in [0.4, 0.5) is 17.3 Å². The molecule has 112 valence electrons. The Morgan fingerprint density at radius 2 is 1.77 bits per heavy atom. The van der Waals surface area contributed by atoms with Gasteiger partial charge in [-0.1, -0.05) is 29.3 Å². The van der Waals surface area contributed by atoms with E-state index in [2.05, 4.69) is 20.6 Å². The lowest BCUT2D eigenvalue weighted by atomic mass is 10.3. The second kappa shape index (κ2) is 6.68. The zero-order chi connectivity index (χ0) is 15.4. The molecule has 2 heterocycles. The molecule has 0 aliphatic carbocycles. The van der Waals surface area contributed by atoms with Crippen LogP contribution in [0.2, 0.25) is 10.0 Å². The maximum Gasteiger partial charge on any atom is 0.135 e. The summed E-state index contributed by atoms with van der Waals surface area (Å²) < 4.78 is 5.26. The molecule has 0 amide bonds. The molecule has 1 aromatic carbocycles. The molecule has 2 N–H and O–H groups in total. The molecule has 0 saturated heterocycles. The molecule has 0 atom stereocenters. The summed E-state index contributed by atoms with van der Waals surface area (Å²) in [6, 6.07) is 10.8. The minimum Gasteiger partial charge on any atom is -0.467 e. The topological polar surface area (TPSA) is 63.0 Å². The normalized spacial score (nSPS) is 10.5. The zero-order valence-electron chi connectivity index (χ0n) is 11.4. The first-order chi connectivity index (χ1) is 10.7. The van der Waals surface area contributed by atoms with Crippen LogP contribution in [-0.4, -0.2) is 9.97 Å². The van der Waals surface area contributed by atoms with Gasteiger partial charge in [-0.05, 0) is 24.3 Å². The summed E-state index contributed by atoms with van der Waals surface area (Å²) in [7, 11) is 0. The molecule has 0 saturated carbocycles. The Bertz CT molecular complexity index is 742. The van der Waals surface area contributed by atoms with Crippen LogP contribution < -0.4 is 10.6 Å². The van der Waals surface area contributed by atoms with Crippen molar-refractivity contribution in [2.45, 2.75) is 6.54 Å². The quantitative estimate of drug-likeness (QED) is 0.706. The number of benzene rings is 1. The molecule has 3 rings (SSSR count). The minimum absolute atomic E-state index is 0.524. The van der Waals surface area contributed by atoms with E-state index in [9.17, 15) is 0 Å². The summed E-state index contributed by atoms with van der Waals surface area (Å²) in [5.74, 6) is 2.08. The monoisotopic (exact) mass is 334 g/mol. The number of furan rings is 1. The van der Waals surface area contributed by atoms with Gasteiger partial charge in [0.15, 0.2) is 0 Å². The molecule has 3 aromatic rings. The van der Waals surface area contributed by atoms with E-state index in [0.717, 1.165) is 5.76 Å². The van der Waals surface area contributed by atoms with Gasteiger partial charge in [-0.2, -0.15) is 0 Å². The SMILES string of the molecule is Clc1cccc(Cl)c1Nc1cc(NCc2ccco2)ncn1. The van der Waals surface area contributed by atoms with Crippen molar-refractivity contribution >= 4 is 40.5 Å². The Kier molecular flexibility index (Phi) is 4.46. The van der Waals surface area contributed by atoms with Crippen LogP contribution in [0.15, 0.2) is 53.4 Å². The standard InChI is InChI=1S/C15H12Cl2N4O/c16-11-4-1-5-12(17)15(11)21-14-7-13(19-9-20-14)18-8-10-3-2-6-22-10/h1-7,9H,8H2,(H2,18,19,20,21). The average molecular weight is 335 g/mol. The second-order valence-electron chi connectivity index (χ2n) is 4.44. The van der Waals surface area contributed by atoms with Crippen molar-refractivity contribution in [1.82, 2.24) is 9.97 Å². The number of nitrogens with one attached hydrogen (secondary N) is 2. The minimum atomic E-state index is 0.524. The van der Waals surface area contributed by atoms with E-state index in [1.165, 1.54) is 6.33 Å². The molecule has 0 spiro atoms. The van der Waals surface area contributed by atoms with Gasteiger partial charge in [0.05, 0.1) is 28.5 Å². The van der Waals surface area contributed by atoms with Gasteiger partial charge < -0.3 is 15.1 Å². The molecule has 0 aliphatic rings. The van der Waals surface area contributed by atoms with Crippen LogP contribution in [0.1, 0.15) is 5.76 Å². The maximum absolute atomic E-state index is 6.13. The van der Waals surface area contributed by atoms with Gasteiger partial charge in [-0.3, -0.25) is 0 Å². The van der Waals surface area contributed by atoms with Gasteiger partial charge in [0.1, 0.15) is 23.7 Å². The molecule has 5 nitrogen and oxygen atoms in total. The number of halogens is 2. The van der Waals surface area contributed by atoms with Gasteiger partial charge in [0, 0.05) is 6.07 Å². The first kappa shape index (κ1) is 14.7. The molecule has 0 radical (unpaired) electrons. The highest BCUT2D eigenvalue weighted by atomic mass is 35.5. The first-order valence-electron chi connectivity index (χ1n) is 6.52. The number of rotatable bonds is 5. The fraction of sp³-hybridized carbons (Fsp3) is 0.0667. The highest BCUT2D eigenvalue weighted by molar-refractivity contribution is 6.39. The lowest BCUT2D eigenvalue weighted by Gasteiger charge is -2.10. The lowest BCUT2D eigenvalue weighted by Crippen LogP contribution is -2.02. The summed E-state index contributed by atoms with van der Waals surface area (Å²) in [6.07, 6.45) is 3.08. The fourth-order valence-corrected chi connectivity index (χ4v) is 2.35. The largest absolute Gasteiger partial charge is 0.467 e. The van der Waals surface area contributed by atoms with Gasteiger partial charge >= 0.3 is 0 Å². The van der Waals surface area contributed by atoms with Crippen LogP contribution in [0.25, 0.3) is 0 Å². The van der Waals surface area contributed by atoms with Gasteiger partial charge in [-0.15, -0.1) is 0 Å². The van der Waals surface area contributed by atoms with Crippen LogP contribution >= 0.6 is 23.2 Å². The molecule has 0 bridgehead atoms. The van der Waals surface area contributed by atoms with Crippen molar-refractivity contribution in [3.8, 4) is 0 Å². The predicted octanol–water partition coefficient (Wildman–Crippen LogP) is 4.73. The first-order valence-corrected chi connectivity index (χ1v) is 7.27. The molecule has 0 unspecified atom stereocenters. The number of aromatic nitrogens is 2. The lowest BCUT2D eigenvalue weighted by molar-refractivity contribution is 0.518. The Morgan fingerprint density at radius 1 is 1.00 bits per heavy atom. The summed E-state index contributed by atoms with van der Waals surface area (Å²) in [5, 5.41) is 7.30. The predicted molar refractivity (Wildman–Crippen MR) is 87.8 cm³/mol. The Labute approximate surface area is 137 Å². The second-order valence-corrected chi connectivity index (χ2v) is 5.26. The third-order valence-corrected chi connectivity index (χ3v) is 3.54. The van der Waals surface area contributed by atoms with Crippen LogP contribution in [-0.2, 0) is 6.54 Å². The summed E-state index contributed by atoms with van der Waals surface area (Å²) in [4.78, 5) is 8.31. The molecule has 7 heteroatoms. The molecule has 0 aliphatic heterocycles. The van der Waals surface area contributed by atoms with Crippen molar-refractivity contribution in [2.24, 2.45) is 0 Å². The Hall–Kier alpha value is -2.24. The number of para-hydroxylation sites is 1. The molecule has 0 fully saturated rings. The number of hydrogen-bond acceptors (Lipinski definition) is 5. The zero-order valence-corrected chi connectivity index (χ0v) is 12.9.